The molecule has 1 aromatic carbocycles. The lowest BCUT2D eigenvalue weighted by molar-refractivity contribution is -0.146. The number of hydrogen-bond acceptors (Lipinski definition) is 4. The van der Waals surface area contributed by atoms with E-state index in [-0.39, 0.29) is 6.04 Å². The van der Waals surface area contributed by atoms with Gasteiger partial charge in [0.05, 0.1) is 25.0 Å². The molecule has 1 saturated heterocycles. The Bertz CT molecular complexity index is 837. The Morgan fingerprint density at radius 3 is 2.78 bits per heavy atom. The van der Waals surface area contributed by atoms with Crippen molar-refractivity contribution in [3.63, 3.8) is 0 Å². The molecule has 1 fully saturated rings. The van der Waals surface area contributed by atoms with Crippen molar-refractivity contribution < 1.29 is 14.3 Å². The first-order valence-electron chi connectivity index (χ1n) is 9.15. The predicted octanol–water partition coefficient (Wildman–Crippen LogP) is 3.34. The van der Waals surface area contributed by atoms with Gasteiger partial charge in [0, 0.05) is 12.7 Å². The monoisotopic (exact) mass is 367 g/mol. The number of aromatic nitrogens is 1. The Kier molecular flexibility index (Phi) is 5.74. The average Bonchev–Trinajstić information content (AvgIpc) is 2.67. The molecule has 1 N–H and O–H groups in total. The van der Waals surface area contributed by atoms with Crippen molar-refractivity contribution in [2.24, 2.45) is 5.92 Å². The van der Waals surface area contributed by atoms with Gasteiger partial charge in [0.1, 0.15) is 5.75 Å². The molecular formula is C21H25N3O3. The van der Waals surface area contributed by atoms with Crippen molar-refractivity contribution in [3.05, 3.63) is 53.9 Å². The number of piperidine rings is 1. The lowest BCUT2D eigenvalue weighted by Crippen LogP contribution is -2.46. The minimum absolute atomic E-state index is 0.134. The van der Waals surface area contributed by atoms with E-state index < -0.39 is 11.8 Å². The number of rotatable bonds is 3. The molecule has 3 rings (SSSR count). The van der Waals surface area contributed by atoms with Crippen LogP contribution in [0, 0.1) is 12.8 Å². The number of aryl methyl sites for hydroxylation is 1. The first-order valence-corrected chi connectivity index (χ1v) is 9.15. The minimum atomic E-state index is -0.635. The summed E-state index contributed by atoms with van der Waals surface area (Å²) in [4.78, 5) is 31.2. The molecule has 6 heteroatoms. The van der Waals surface area contributed by atoms with Crippen LogP contribution in [0.4, 0.5) is 5.69 Å². The molecule has 2 atom stereocenters. The van der Waals surface area contributed by atoms with Gasteiger partial charge in [0.2, 0.25) is 0 Å². The molecule has 1 aliphatic heterocycles. The number of methoxy groups -OCH3 is 1. The van der Waals surface area contributed by atoms with Crippen LogP contribution in [0.1, 0.15) is 36.9 Å². The van der Waals surface area contributed by atoms with E-state index in [0.29, 0.717) is 18.2 Å². The highest BCUT2D eigenvalue weighted by molar-refractivity contribution is 6.39. The molecule has 0 aliphatic carbocycles. The summed E-state index contributed by atoms with van der Waals surface area (Å²) in [5.41, 5.74) is 2.43. The third kappa shape index (κ3) is 4.45. The Morgan fingerprint density at radius 1 is 1.22 bits per heavy atom. The van der Waals surface area contributed by atoms with Crippen LogP contribution < -0.4 is 10.1 Å². The zero-order valence-electron chi connectivity index (χ0n) is 15.9. The van der Waals surface area contributed by atoms with Gasteiger partial charge in [-0.1, -0.05) is 19.1 Å². The van der Waals surface area contributed by atoms with Crippen molar-refractivity contribution in [1.29, 1.82) is 0 Å². The van der Waals surface area contributed by atoms with E-state index in [1.54, 1.807) is 24.3 Å². The summed E-state index contributed by atoms with van der Waals surface area (Å²) in [6.07, 6.45) is 5.06. The van der Waals surface area contributed by atoms with Crippen LogP contribution in [0.5, 0.6) is 5.75 Å². The fourth-order valence-electron chi connectivity index (χ4n) is 3.51. The number of anilines is 1. The lowest BCUT2D eigenvalue weighted by atomic mass is 9.89. The molecule has 0 unspecified atom stereocenters. The van der Waals surface area contributed by atoms with Gasteiger partial charge >= 0.3 is 11.8 Å². The number of carbonyl (C=O) groups excluding carboxylic acids is 2. The second-order valence-electron chi connectivity index (χ2n) is 7.14. The van der Waals surface area contributed by atoms with E-state index in [1.165, 1.54) is 6.20 Å². The van der Waals surface area contributed by atoms with Crippen LogP contribution in [-0.4, -0.2) is 35.4 Å². The Labute approximate surface area is 159 Å². The summed E-state index contributed by atoms with van der Waals surface area (Å²) in [5.74, 6) is -0.0571. The maximum absolute atomic E-state index is 12.9. The van der Waals surface area contributed by atoms with Gasteiger partial charge < -0.3 is 15.0 Å². The summed E-state index contributed by atoms with van der Waals surface area (Å²) < 4.78 is 5.31. The number of carbonyl (C=O) groups is 2. The van der Waals surface area contributed by atoms with Gasteiger partial charge in [0.15, 0.2) is 0 Å². The quantitative estimate of drug-likeness (QED) is 0.845. The van der Waals surface area contributed by atoms with Crippen LogP contribution in [-0.2, 0) is 9.59 Å². The zero-order chi connectivity index (χ0) is 19.4. The summed E-state index contributed by atoms with van der Waals surface area (Å²) in [6, 6.07) is 9.35. The molecule has 1 aromatic heterocycles. The third-order valence-electron chi connectivity index (χ3n) is 4.88. The molecule has 142 valence electrons. The summed E-state index contributed by atoms with van der Waals surface area (Å²) in [6.45, 7) is 4.54. The number of ether oxygens (including phenoxy) is 1. The molecule has 0 bridgehead atoms. The van der Waals surface area contributed by atoms with Gasteiger partial charge in [-0.05, 0) is 55.0 Å². The minimum Gasteiger partial charge on any atom is -0.497 e. The second-order valence-corrected chi connectivity index (χ2v) is 7.14. The first kappa shape index (κ1) is 18.9. The van der Waals surface area contributed by atoms with Crippen molar-refractivity contribution in [3.8, 4) is 5.75 Å². The van der Waals surface area contributed by atoms with Crippen molar-refractivity contribution in [1.82, 2.24) is 9.88 Å². The van der Waals surface area contributed by atoms with E-state index in [0.717, 1.165) is 29.7 Å². The fourth-order valence-corrected chi connectivity index (χ4v) is 3.51. The highest BCUT2D eigenvalue weighted by Gasteiger charge is 2.34. The Balaban J connectivity index is 1.81. The lowest BCUT2D eigenvalue weighted by Gasteiger charge is -2.38. The number of amides is 2. The summed E-state index contributed by atoms with van der Waals surface area (Å²) in [5, 5.41) is 2.67. The van der Waals surface area contributed by atoms with Gasteiger partial charge in [-0.3, -0.25) is 14.6 Å². The highest BCUT2D eigenvalue weighted by atomic mass is 16.5. The maximum atomic E-state index is 12.9. The largest absolute Gasteiger partial charge is 0.497 e. The van der Waals surface area contributed by atoms with E-state index in [9.17, 15) is 9.59 Å². The van der Waals surface area contributed by atoms with Crippen LogP contribution >= 0.6 is 0 Å². The molecule has 2 heterocycles. The maximum Gasteiger partial charge on any atom is 0.313 e. The Hall–Kier alpha value is -2.89. The summed E-state index contributed by atoms with van der Waals surface area (Å²) in [7, 11) is 1.62. The van der Waals surface area contributed by atoms with E-state index in [2.05, 4.69) is 17.2 Å². The van der Waals surface area contributed by atoms with Crippen LogP contribution in [0.3, 0.4) is 0 Å². The molecule has 0 saturated carbocycles. The predicted molar refractivity (Wildman–Crippen MR) is 103 cm³/mol. The normalized spacial score (nSPS) is 19.4. The number of nitrogens with zero attached hydrogens (tertiary/aromatic N) is 2. The highest BCUT2D eigenvalue weighted by Crippen LogP contribution is 2.34. The molecule has 27 heavy (non-hydrogen) atoms. The van der Waals surface area contributed by atoms with Crippen molar-refractivity contribution in [2.75, 3.05) is 19.0 Å². The van der Waals surface area contributed by atoms with Crippen LogP contribution in [0.15, 0.2) is 42.7 Å². The second kappa shape index (κ2) is 8.20. The van der Waals surface area contributed by atoms with Crippen LogP contribution in [0.2, 0.25) is 0 Å². The zero-order valence-corrected chi connectivity index (χ0v) is 15.9. The fraction of sp³-hybridized carbons (Fsp3) is 0.381. The number of pyridine rings is 1. The van der Waals surface area contributed by atoms with Gasteiger partial charge in [-0.25, -0.2) is 0 Å². The molecule has 2 amide bonds. The van der Waals surface area contributed by atoms with Crippen molar-refractivity contribution >= 4 is 17.5 Å². The number of benzene rings is 1. The standard InChI is InChI=1S/C21H25N3O3/c1-14-7-8-19(16-5-4-6-18(10-16)27-3)24(13-14)21(26)20(25)23-17-9-15(2)11-22-12-17/h4-6,9-12,14,19H,7-8,13H2,1-3H3,(H,23,25)/t14-,19+/m0/s1. The van der Waals surface area contributed by atoms with E-state index in [1.807, 2.05) is 31.2 Å². The van der Waals surface area contributed by atoms with E-state index in [4.69, 9.17) is 4.74 Å². The molecule has 0 spiro atoms. The van der Waals surface area contributed by atoms with Gasteiger partial charge in [-0.2, -0.15) is 0 Å². The first-order chi connectivity index (χ1) is 13.0. The molecular weight excluding hydrogens is 342 g/mol. The SMILES string of the molecule is COc1cccc([C@H]2CC[C@H](C)CN2C(=O)C(=O)Nc2cncc(C)c2)c1. The molecule has 6 nitrogen and oxygen atoms in total. The molecule has 1 aliphatic rings. The third-order valence-corrected chi connectivity index (χ3v) is 4.88. The number of likely N-dealkylation sites (tertiary alicyclic amines) is 1. The topological polar surface area (TPSA) is 71.5 Å². The smallest absolute Gasteiger partial charge is 0.313 e. The van der Waals surface area contributed by atoms with Gasteiger partial charge in [-0.15, -0.1) is 0 Å². The van der Waals surface area contributed by atoms with Crippen molar-refractivity contribution in [2.45, 2.75) is 32.7 Å². The molecule has 2 aromatic rings. The number of hydrogen-bond donors (Lipinski definition) is 1. The van der Waals surface area contributed by atoms with E-state index >= 15 is 0 Å². The Morgan fingerprint density at radius 2 is 2.04 bits per heavy atom. The summed E-state index contributed by atoms with van der Waals surface area (Å²) >= 11 is 0. The average molecular weight is 367 g/mol. The van der Waals surface area contributed by atoms with Gasteiger partial charge in [0.25, 0.3) is 0 Å². The molecule has 0 radical (unpaired) electrons. The van der Waals surface area contributed by atoms with Crippen LogP contribution in [0.25, 0.3) is 0 Å². The number of nitrogens with one attached hydrogen (secondary N) is 1.